The van der Waals surface area contributed by atoms with Crippen LogP contribution in [0.1, 0.15) is 27.0 Å². The molecule has 0 aromatic carbocycles. The van der Waals surface area contributed by atoms with Gasteiger partial charge < -0.3 is 10.0 Å². The molecule has 0 spiro atoms. The molecular formula is C13H20N2O2S. The molecule has 1 N–H and O–H groups in total. The topological polar surface area (TPSA) is 43.8 Å². The van der Waals surface area contributed by atoms with Gasteiger partial charge in [-0.15, -0.1) is 11.3 Å². The summed E-state index contributed by atoms with van der Waals surface area (Å²) in [6.45, 7) is 10.6. The van der Waals surface area contributed by atoms with E-state index < -0.39 is 5.97 Å². The molecule has 4 nitrogen and oxygen atoms in total. The van der Waals surface area contributed by atoms with Gasteiger partial charge in [0, 0.05) is 37.6 Å². The van der Waals surface area contributed by atoms with Gasteiger partial charge in [0.05, 0.1) is 0 Å². The van der Waals surface area contributed by atoms with E-state index >= 15 is 0 Å². The van der Waals surface area contributed by atoms with Crippen molar-refractivity contribution in [2.45, 2.75) is 20.4 Å². The van der Waals surface area contributed by atoms with E-state index in [-0.39, 0.29) is 0 Å². The maximum Gasteiger partial charge on any atom is 0.345 e. The van der Waals surface area contributed by atoms with Crippen LogP contribution < -0.4 is 0 Å². The molecule has 1 aliphatic rings. The van der Waals surface area contributed by atoms with Crippen LogP contribution in [-0.2, 0) is 6.54 Å². The van der Waals surface area contributed by atoms with Gasteiger partial charge in [0.1, 0.15) is 4.88 Å². The standard InChI is InChI=1S/C13H20N2O2S/c1-3-14-4-6-15(7-5-14)9-11-8-12(13(16)17)18-10(11)2/h8H,3-7,9H2,1-2H3,(H,16,17). The molecule has 18 heavy (non-hydrogen) atoms. The minimum Gasteiger partial charge on any atom is -0.477 e. The molecular weight excluding hydrogens is 248 g/mol. The van der Waals surface area contributed by atoms with Gasteiger partial charge in [-0.2, -0.15) is 0 Å². The Morgan fingerprint density at radius 1 is 1.33 bits per heavy atom. The van der Waals surface area contributed by atoms with Crippen LogP contribution in [0.15, 0.2) is 6.07 Å². The van der Waals surface area contributed by atoms with E-state index in [9.17, 15) is 4.79 Å². The van der Waals surface area contributed by atoms with E-state index in [1.54, 1.807) is 0 Å². The van der Waals surface area contributed by atoms with Gasteiger partial charge in [-0.25, -0.2) is 4.79 Å². The Hall–Kier alpha value is -0.910. The van der Waals surface area contributed by atoms with Crippen LogP contribution in [0.2, 0.25) is 0 Å². The van der Waals surface area contributed by atoms with E-state index in [1.807, 2.05) is 13.0 Å². The number of carbonyl (C=O) groups is 1. The Kier molecular flexibility index (Phi) is 4.37. The minimum atomic E-state index is -0.815. The molecule has 2 rings (SSSR count). The van der Waals surface area contributed by atoms with Crippen LogP contribution >= 0.6 is 11.3 Å². The molecule has 1 saturated heterocycles. The summed E-state index contributed by atoms with van der Waals surface area (Å²) in [5.74, 6) is -0.815. The lowest BCUT2D eigenvalue weighted by Crippen LogP contribution is -2.45. The first-order valence-corrected chi connectivity index (χ1v) is 7.19. The monoisotopic (exact) mass is 268 g/mol. The van der Waals surface area contributed by atoms with Gasteiger partial charge in [-0.1, -0.05) is 6.92 Å². The fourth-order valence-corrected chi connectivity index (χ4v) is 3.16. The molecule has 0 bridgehead atoms. The van der Waals surface area contributed by atoms with Crippen LogP contribution in [0, 0.1) is 6.92 Å². The molecule has 0 radical (unpaired) electrons. The van der Waals surface area contributed by atoms with E-state index in [1.165, 1.54) is 16.9 Å². The lowest BCUT2D eigenvalue weighted by Gasteiger charge is -2.33. The normalized spacial score (nSPS) is 18.1. The quantitative estimate of drug-likeness (QED) is 0.905. The number of thiophene rings is 1. The molecule has 1 aromatic rings. The second-order valence-corrected chi connectivity index (χ2v) is 5.96. The average Bonchev–Trinajstić information content (AvgIpc) is 2.72. The molecule has 1 aliphatic heterocycles. The zero-order valence-corrected chi connectivity index (χ0v) is 11.8. The van der Waals surface area contributed by atoms with Crippen molar-refractivity contribution in [3.05, 3.63) is 21.4 Å². The van der Waals surface area contributed by atoms with E-state index in [2.05, 4.69) is 16.7 Å². The largest absolute Gasteiger partial charge is 0.477 e. The summed E-state index contributed by atoms with van der Waals surface area (Å²) in [6, 6.07) is 1.83. The Morgan fingerprint density at radius 3 is 2.44 bits per heavy atom. The predicted molar refractivity (Wildman–Crippen MR) is 73.4 cm³/mol. The number of hydrogen-bond acceptors (Lipinski definition) is 4. The molecule has 1 fully saturated rings. The summed E-state index contributed by atoms with van der Waals surface area (Å²) >= 11 is 1.38. The van der Waals surface area contributed by atoms with Gasteiger partial charge in [-0.05, 0) is 25.1 Å². The van der Waals surface area contributed by atoms with Crippen molar-refractivity contribution in [3.63, 3.8) is 0 Å². The van der Waals surface area contributed by atoms with Crippen molar-refractivity contribution in [1.82, 2.24) is 9.80 Å². The van der Waals surface area contributed by atoms with Gasteiger partial charge in [-0.3, -0.25) is 4.90 Å². The number of hydrogen-bond donors (Lipinski definition) is 1. The smallest absolute Gasteiger partial charge is 0.345 e. The molecule has 0 amide bonds. The molecule has 0 unspecified atom stereocenters. The fraction of sp³-hybridized carbons (Fsp3) is 0.615. The van der Waals surface area contributed by atoms with Crippen molar-refractivity contribution >= 4 is 17.3 Å². The first-order chi connectivity index (χ1) is 8.60. The van der Waals surface area contributed by atoms with Crippen molar-refractivity contribution in [2.24, 2.45) is 0 Å². The number of aromatic carboxylic acids is 1. The molecule has 0 aliphatic carbocycles. The van der Waals surface area contributed by atoms with Crippen LogP contribution in [0.5, 0.6) is 0 Å². The minimum absolute atomic E-state index is 0.453. The lowest BCUT2D eigenvalue weighted by molar-refractivity contribution is 0.0702. The second-order valence-electron chi connectivity index (χ2n) is 4.71. The Balaban J connectivity index is 1.96. The highest BCUT2D eigenvalue weighted by atomic mass is 32.1. The van der Waals surface area contributed by atoms with Crippen LogP contribution in [0.25, 0.3) is 0 Å². The van der Waals surface area contributed by atoms with Gasteiger partial charge in [0.25, 0.3) is 0 Å². The highest BCUT2D eigenvalue weighted by molar-refractivity contribution is 7.14. The number of likely N-dealkylation sites (N-methyl/N-ethyl adjacent to an activating group) is 1. The van der Waals surface area contributed by atoms with Crippen molar-refractivity contribution < 1.29 is 9.90 Å². The SMILES string of the molecule is CCN1CCN(Cc2cc(C(=O)O)sc2C)CC1. The Labute approximate surface area is 112 Å². The number of nitrogens with zero attached hydrogens (tertiary/aromatic N) is 2. The van der Waals surface area contributed by atoms with E-state index in [0.717, 1.165) is 44.1 Å². The molecule has 1 aromatic heterocycles. The third-order valence-corrected chi connectivity index (χ3v) is 4.62. The van der Waals surface area contributed by atoms with Gasteiger partial charge in [0.15, 0.2) is 0 Å². The third kappa shape index (κ3) is 3.10. The highest BCUT2D eigenvalue weighted by Gasteiger charge is 2.18. The molecule has 0 saturated carbocycles. The van der Waals surface area contributed by atoms with Gasteiger partial charge >= 0.3 is 5.97 Å². The number of carboxylic acids is 1. The van der Waals surface area contributed by atoms with E-state index in [0.29, 0.717) is 4.88 Å². The predicted octanol–water partition coefficient (Wildman–Crippen LogP) is 1.89. The van der Waals surface area contributed by atoms with Crippen LogP contribution in [-0.4, -0.2) is 53.6 Å². The summed E-state index contributed by atoms with van der Waals surface area (Å²) in [5.41, 5.74) is 1.17. The lowest BCUT2D eigenvalue weighted by atomic mass is 10.2. The number of aryl methyl sites for hydroxylation is 1. The first kappa shape index (κ1) is 13.5. The van der Waals surface area contributed by atoms with Crippen LogP contribution in [0.4, 0.5) is 0 Å². The highest BCUT2D eigenvalue weighted by Crippen LogP contribution is 2.23. The summed E-state index contributed by atoms with van der Waals surface area (Å²) in [6.07, 6.45) is 0. The molecule has 5 heteroatoms. The maximum absolute atomic E-state index is 10.9. The summed E-state index contributed by atoms with van der Waals surface area (Å²) in [4.78, 5) is 17.4. The molecule has 100 valence electrons. The third-order valence-electron chi connectivity index (χ3n) is 3.54. The van der Waals surface area contributed by atoms with Crippen molar-refractivity contribution in [2.75, 3.05) is 32.7 Å². The van der Waals surface area contributed by atoms with Crippen molar-refractivity contribution in [1.29, 1.82) is 0 Å². The maximum atomic E-state index is 10.9. The number of piperazine rings is 1. The molecule has 0 atom stereocenters. The fourth-order valence-electron chi connectivity index (χ4n) is 2.29. The van der Waals surface area contributed by atoms with Gasteiger partial charge in [0.2, 0.25) is 0 Å². The van der Waals surface area contributed by atoms with Crippen molar-refractivity contribution in [3.8, 4) is 0 Å². The zero-order chi connectivity index (χ0) is 13.1. The number of carboxylic acid groups (broad SMARTS) is 1. The summed E-state index contributed by atoms with van der Waals surface area (Å²) in [5, 5.41) is 8.99. The molecule has 2 heterocycles. The Bertz CT molecular complexity index is 423. The first-order valence-electron chi connectivity index (χ1n) is 6.37. The van der Waals surface area contributed by atoms with Crippen LogP contribution in [0.3, 0.4) is 0 Å². The zero-order valence-electron chi connectivity index (χ0n) is 11.0. The summed E-state index contributed by atoms with van der Waals surface area (Å²) in [7, 11) is 0. The van der Waals surface area contributed by atoms with E-state index in [4.69, 9.17) is 5.11 Å². The summed E-state index contributed by atoms with van der Waals surface area (Å²) < 4.78 is 0. The second kappa shape index (κ2) is 5.82. The number of rotatable bonds is 4. The average molecular weight is 268 g/mol. The Morgan fingerprint density at radius 2 is 1.94 bits per heavy atom.